The van der Waals surface area contributed by atoms with E-state index in [0.29, 0.717) is 19.4 Å². The molecule has 0 spiro atoms. The summed E-state index contributed by atoms with van der Waals surface area (Å²) in [6.07, 6.45) is 10.4. The highest BCUT2D eigenvalue weighted by Gasteiger charge is 2.43. The van der Waals surface area contributed by atoms with Crippen molar-refractivity contribution in [3.05, 3.63) is 18.7 Å². The van der Waals surface area contributed by atoms with Gasteiger partial charge in [0, 0.05) is 25.5 Å². The van der Waals surface area contributed by atoms with E-state index in [-0.39, 0.29) is 11.7 Å². The molecule has 1 aliphatic carbocycles. The van der Waals surface area contributed by atoms with Crippen LogP contribution < -0.4 is 11.1 Å². The third-order valence-electron chi connectivity index (χ3n) is 4.18. The summed E-state index contributed by atoms with van der Waals surface area (Å²) in [5.74, 6) is -0.0857. The molecule has 1 aromatic heterocycles. The Balaban J connectivity index is 1.87. The number of aryl methyl sites for hydroxylation is 1. The van der Waals surface area contributed by atoms with Crippen LogP contribution in [-0.2, 0) is 11.3 Å². The van der Waals surface area contributed by atoms with Crippen LogP contribution in [-0.4, -0.2) is 33.0 Å². The first-order valence-electron chi connectivity index (χ1n) is 7.41. The molecule has 1 saturated carbocycles. The molecule has 1 fully saturated rings. The Labute approximate surface area is 124 Å². The molecule has 1 aromatic rings. The molecular formula is C14H23N5O2. The van der Waals surface area contributed by atoms with E-state index in [1.165, 1.54) is 0 Å². The fraction of sp³-hybridized carbons (Fsp3) is 0.643. The summed E-state index contributed by atoms with van der Waals surface area (Å²) < 4.78 is 1.96. The van der Waals surface area contributed by atoms with Gasteiger partial charge in [-0.15, -0.1) is 0 Å². The number of nitrogens with one attached hydrogen (secondary N) is 1. The zero-order valence-corrected chi connectivity index (χ0v) is 12.2. The SMILES string of the molecule is NC(=NO)C1(C(=O)NCCCn2ccnc2)CCCCC1. The van der Waals surface area contributed by atoms with Crippen LogP contribution >= 0.6 is 0 Å². The van der Waals surface area contributed by atoms with E-state index in [4.69, 9.17) is 10.9 Å². The quantitative estimate of drug-likeness (QED) is 0.240. The molecule has 0 aliphatic heterocycles. The van der Waals surface area contributed by atoms with Gasteiger partial charge in [0.2, 0.25) is 5.91 Å². The molecule has 7 nitrogen and oxygen atoms in total. The van der Waals surface area contributed by atoms with Gasteiger partial charge in [-0.05, 0) is 19.3 Å². The van der Waals surface area contributed by atoms with Crippen LogP contribution in [0.3, 0.4) is 0 Å². The van der Waals surface area contributed by atoms with Crippen molar-refractivity contribution in [1.82, 2.24) is 14.9 Å². The van der Waals surface area contributed by atoms with Crippen LogP contribution in [0.1, 0.15) is 38.5 Å². The van der Waals surface area contributed by atoms with E-state index < -0.39 is 5.41 Å². The fourth-order valence-electron chi connectivity index (χ4n) is 2.90. The third-order valence-corrected chi connectivity index (χ3v) is 4.18. The second-order valence-corrected chi connectivity index (χ2v) is 5.54. The van der Waals surface area contributed by atoms with E-state index in [0.717, 1.165) is 32.2 Å². The molecule has 0 saturated heterocycles. The van der Waals surface area contributed by atoms with Gasteiger partial charge in [0.1, 0.15) is 5.41 Å². The molecule has 1 amide bonds. The van der Waals surface area contributed by atoms with E-state index >= 15 is 0 Å². The number of carbonyl (C=O) groups excluding carboxylic acids is 1. The first kappa shape index (κ1) is 15.3. The number of nitrogens with zero attached hydrogens (tertiary/aromatic N) is 3. The topological polar surface area (TPSA) is 106 Å². The summed E-state index contributed by atoms with van der Waals surface area (Å²) in [6, 6.07) is 0. The third kappa shape index (κ3) is 3.53. The first-order chi connectivity index (χ1) is 10.2. The van der Waals surface area contributed by atoms with Crippen molar-refractivity contribution >= 4 is 11.7 Å². The summed E-state index contributed by atoms with van der Waals surface area (Å²) >= 11 is 0. The molecule has 0 aromatic carbocycles. The van der Waals surface area contributed by atoms with Gasteiger partial charge in [0.15, 0.2) is 5.84 Å². The number of oxime groups is 1. The van der Waals surface area contributed by atoms with Gasteiger partial charge >= 0.3 is 0 Å². The van der Waals surface area contributed by atoms with Crippen LogP contribution in [0.25, 0.3) is 0 Å². The highest BCUT2D eigenvalue weighted by molar-refractivity contribution is 6.06. The number of hydrogen-bond acceptors (Lipinski definition) is 4. The molecule has 2 rings (SSSR count). The van der Waals surface area contributed by atoms with E-state index in [1.54, 1.807) is 12.5 Å². The van der Waals surface area contributed by atoms with Crippen LogP contribution in [0.5, 0.6) is 0 Å². The van der Waals surface area contributed by atoms with E-state index in [2.05, 4.69) is 15.5 Å². The maximum absolute atomic E-state index is 12.5. The molecule has 21 heavy (non-hydrogen) atoms. The van der Waals surface area contributed by atoms with Crippen LogP contribution in [0, 0.1) is 5.41 Å². The van der Waals surface area contributed by atoms with Gasteiger partial charge in [0.05, 0.1) is 6.33 Å². The van der Waals surface area contributed by atoms with Gasteiger partial charge in [0.25, 0.3) is 0 Å². The van der Waals surface area contributed by atoms with Crippen molar-refractivity contribution in [3.8, 4) is 0 Å². The van der Waals surface area contributed by atoms with E-state index in [9.17, 15) is 4.79 Å². The summed E-state index contributed by atoms with van der Waals surface area (Å²) in [7, 11) is 0. The Hall–Kier alpha value is -2.05. The average molecular weight is 293 g/mol. The normalized spacial score (nSPS) is 18.4. The zero-order chi connectivity index (χ0) is 15.1. The molecule has 1 aliphatic rings. The van der Waals surface area contributed by atoms with Crippen molar-refractivity contribution in [2.75, 3.05) is 6.54 Å². The number of imidazole rings is 1. The first-order valence-corrected chi connectivity index (χ1v) is 7.41. The highest BCUT2D eigenvalue weighted by atomic mass is 16.4. The lowest BCUT2D eigenvalue weighted by atomic mass is 9.72. The molecule has 0 bridgehead atoms. The highest BCUT2D eigenvalue weighted by Crippen LogP contribution is 2.36. The molecular weight excluding hydrogens is 270 g/mol. The summed E-state index contributed by atoms with van der Waals surface area (Å²) in [5, 5.41) is 15.0. The standard InChI is InChI=1S/C14H23N5O2/c15-12(18-21)14(5-2-1-3-6-14)13(20)17-7-4-9-19-10-8-16-11-19/h8,10-11,21H,1-7,9H2,(H2,15,18)(H,17,20). The van der Waals surface area contributed by atoms with Crippen molar-refractivity contribution in [3.63, 3.8) is 0 Å². The minimum Gasteiger partial charge on any atom is -0.409 e. The predicted octanol–water partition coefficient (Wildman–Crippen LogP) is 1.09. The largest absolute Gasteiger partial charge is 0.409 e. The van der Waals surface area contributed by atoms with Crippen LogP contribution in [0.2, 0.25) is 0 Å². The number of rotatable bonds is 6. The maximum atomic E-state index is 12.5. The lowest BCUT2D eigenvalue weighted by Crippen LogP contribution is -2.51. The zero-order valence-electron chi connectivity index (χ0n) is 12.2. The second-order valence-electron chi connectivity index (χ2n) is 5.54. The number of carbonyl (C=O) groups is 1. The fourth-order valence-corrected chi connectivity index (χ4v) is 2.90. The van der Waals surface area contributed by atoms with Gasteiger partial charge in [-0.2, -0.15) is 0 Å². The van der Waals surface area contributed by atoms with Crippen molar-refractivity contribution in [2.45, 2.75) is 45.1 Å². The number of hydrogen-bond donors (Lipinski definition) is 3. The summed E-state index contributed by atoms with van der Waals surface area (Å²) in [5.41, 5.74) is 4.96. The Morgan fingerprint density at radius 3 is 2.81 bits per heavy atom. The Morgan fingerprint density at radius 2 is 2.19 bits per heavy atom. The van der Waals surface area contributed by atoms with Crippen molar-refractivity contribution in [1.29, 1.82) is 0 Å². The molecule has 0 radical (unpaired) electrons. The number of amidine groups is 1. The lowest BCUT2D eigenvalue weighted by molar-refractivity contribution is -0.129. The Kier molecular flexibility index (Phi) is 5.19. The van der Waals surface area contributed by atoms with Crippen LogP contribution in [0.15, 0.2) is 23.9 Å². The minimum atomic E-state index is -0.831. The average Bonchev–Trinajstić information content (AvgIpc) is 3.04. The second kappa shape index (κ2) is 7.10. The molecule has 7 heteroatoms. The molecule has 4 N–H and O–H groups in total. The van der Waals surface area contributed by atoms with Crippen molar-refractivity contribution in [2.24, 2.45) is 16.3 Å². The minimum absolute atomic E-state index is 0.0364. The molecule has 0 unspecified atom stereocenters. The van der Waals surface area contributed by atoms with Gasteiger partial charge < -0.3 is 20.8 Å². The van der Waals surface area contributed by atoms with Crippen molar-refractivity contribution < 1.29 is 10.0 Å². The molecule has 116 valence electrons. The molecule has 0 atom stereocenters. The number of nitrogens with two attached hydrogens (primary N) is 1. The van der Waals surface area contributed by atoms with E-state index in [1.807, 2.05) is 10.8 Å². The summed E-state index contributed by atoms with van der Waals surface area (Å²) in [6.45, 7) is 1.37. The number of amides is 1. The van der Waals surface area contributed by atoms with Crippen LogP contribution in [0.4, 0.5) is 0 Å². The predicted molar refractivity (Wildman–Crippen MR) is 78.8 cm³/mol. The molecule has 1 heterocycles. The van der Waals surface area contributed by atoms with Gasteiger partial charge in [-0.1, -0.05) is 24.4 Å². The summed E-state index contributed by atoms with van der Waals surface area (Å²) in [4.78, 5) is 16.4. The smallest absolute Gasteiger partial charge is 0.233 e. The Bertz CT molecular complexity index is 478. The monoisotopic (exact) mass is 293 g/mol. The Morgan fingerprint density at radius 1 is 1.43 bits per heavy atom. The van der Waals surface area contributed by atoms with Gasteiger partial charge in [-0.25, -0.2) is 4.98 Å². The lowest BCUT2D eigenvalue weighted by Gasteiger charge is -2.34. The van der Waals surface area contributed by atoms with Gasteiger partial charge in [-0.3, -0.25) is 4.79 Å². The number of aromatic nitrogens is 2. The maximum Gasteiger partial charge on any atom is 0.233 e.